The Balaban J connectivity index is 1.46. The molecule has 20 heavy (non-hydrogen) atoms. The lowest BCUT2D eigenvalue weighted by atomic mass is 9.75. The average molecular weight is 274 g/mol. The Morgan fingerprint density at radius 3 is 2.80 bits per heavy atom. The molecule has 0 amide bonds. The van der Waals surface area contributed by atoms with E-state index in [1.165, 1.54) is 37.8 Å². The quantitative estimate of drug-likeness (QED) is 0.893. The van der Waals surface area contributed by atoms with Gasteiger partial charge in [0.05, 0.1) is 7.11 Å². The molecular weight excluding hydrogens is 248 g/mol. The molecule has 1 saturated heterocycles. The molecule has 1 aromatic carbocycles. The summed E-state index contributed by atoms with van der Waals surface area (Å²) in [5, 5.41) is 3.75. The lowest BCUT2D eigenvalue weighted by molar-refractivity contribution is 0.242. The second-order valence-electron chi connectivity index (χ2n) is 6.29. The van der Waals surface area contributed by atoms with Crippen molar-refractivity contribution in [2.24, 2.45) is 0 Å². The van der Waals surface area contributed by atoms with Crippen LogP contribution in [-0.4, -0.2) is 44.2 Å². The van der Waals surface area contributed by atoms with Gasteiger partial charge in [-0.2, -0.15) is 0 Å². The number of nitrogens with one attached hydrogen (secondary N) is 1. The van der Waals surface area contributed by atoms with Crippen molar-refractivity contribution >= 4 is 0 Å². The van der Waals surface area contributed by atoms with Gasteiger partial charge in [-0.3, -0.25) is 0 Å². The van der Waals surface area contributed by atoms with Gasteiger partial charge in [0.1, 0.15) is 5.75 Å². The third-order valence-electron chi connectivity index (χ3n) is 5.03. The summed E-state index contributed by atoms with van der Waals surface area (Å²) >= 11 is 0. The number of para-hydroxylation sites is 1. The van der Waals surface area contributed by atoms with Crippen LogP contribution < -0.4 is 10.1 Å². The zero-order chi connectivity index (χ0) is 13.9. The van der Waals surface area contributed by atoms with Gasteiger partial charge < -0.3 is 15.0 Å². The van der Waals surface area contributed by atoms with Crippen molar-refractivity contribution in [3.63, 3.8) is 0 Å². The summed E-state index contributed by atoms with van der Waals surface area (Å²) in [6.07, 6.45) is 5.21. The summed E-state index contributed by atoms with van der Waals surface area (Å²) in [6.45, 7) is 2.42. The molecule has 1 unspecified atom stereocenters. The highest BCUT2D eigenvalue weighted by atomic mass is 16.5. The van der Waals surface area contributed by atoms with Crippen molar-refractivity contribution in [3.05, 3.63) is 29.8 Å². The first-order valence-electron chi connectivity index (χ1n) is 7.84. The van der Waals surface area contributed by atoms with Crippen LogP contribution in [-0.2, 0) is 0 Å². The van der Waals surface area contributed by atoms with Crippen LogP contribution in [0.25, 0.3) is 0 Å². The first-order chi connectivity index (χ1) is 9.78. The van der Waals surface area contributed by atoms with Gasteiger partial charge >= 0.3 is 0 Å². The van der Waals surface area contributed by atoms with E-state index >= 15 is 0 Å². The van der Waals surface area contributed by atoms with Gasteiger partial charge in [-0.25, -0.2) is 0 Å². The van der Waals surface area contributed by atoms with E-state index in [-0.39, 0.29) is 0 Å². The molecule has 2 aliphatic rings. The zero-order valence-corrected chi connectivity index (χ0v) is 12.6. The highest BCUT2D eigenvalue weighted by molar-refractivity contribution is 5.37. The Bertz CT molecular complexity index is 442. The van der Waals surface area contributed by atoms with Crippen molar-refractivity contribution in [1.29, 1.82) is 0 Å². The number of nitrogens with zero attached hydrogens (tertiary/aromatic N) is 1. The zero-order valence-electron chi connectivity index (χ0n) is 12.6. The summed E-state index contributed by atoms with van der Waals surface area (Å²) in [4.78, 5) is 2.49. The molecule has 3 rings (SSSR count). The first kappa shape index (κ1) is 13.9. The molecule has 0 spiro atoms. The molecule has 2 fully saturated rings. The topological polar surface area (TPSA) is 24.5 Å². The lowest BCUT2D eigenvalue weighted by Gasteiger charge is -2.38. The second-order valence-corrected chi connectivity index (χ2v) is 6.29. The number of methoxy groups -OCH3 is 1. The van der Waals surface area contributed by atoms with Crippen molar-refractivity contribution in [2.75, 3.05) is 27.2 Å². The number of hydrogen-bond acceptors (Lipinski definition) is 3. The fourth-order valence-electron chi connectivity index (χ4n) is 3.58. The van der Waals surface area contributed by atoms with Crippen molar-refractivity contribution in [1.82, 2.24) is 10.2 Å². The normalized spacial score (nSPS) is 30.2. The van der Waals surface area contributed by atoms with E-state index in [2.05, 4.69) is 35.5 Å². The van der Waals surface area contributed by atoms with E-state index in [4.69, 9.17) is 4.74 Å². The molecule has 0 bridgehead atoms. The molecule has 1 aliphatic heterocycles. The van der Waals surface area contributed by atoms with Gasteiger partial charge in [0.2, 0.25) is 0 Å². The fraction of sp³-hybridized carbons (Fsp3) is 0.647. The Labute approximate surface area is 122 Å². The summed E-state index contributed by atoms with van der Waals surface area (Å²) in [5.74, 6) is 1.72. The molecule has 1 saturated carbocycles. The minimum atomic E-state index is 0.671. The molecule has 3 nitrogen and oxygen atoms in total. The van der Waals surface area contributed by atoms with Crippen LogP contribution in [0.2, 0.25) is 0 Å². The van der Waals surface area contributed by atoms with Crippen LogP contribution in [0.5, 0.6) is 5.75 Å². The smallest absolute Gasteiger partial charge is 0.122 e. The predicted octanol–water partition coefficient (Wildman–Crippen LogP) is 2.63. The molecular formula is C17H26N2O. The standard InChI is InChI=1S/C17H26N2O/c1-19-9-5-6-15(19)12-18-14-10-13(11-14)16-7-3-4-8-17(16)20-2/h3-4,7-8,13-15,18H,5-6,9-12H2,1-2H3. The molecule has 1 aromatic rings. The van der Waals surface area contributed by atoms with Crippen molar-refractivity contribution < 1.29 is 4.74 Å². The minimum Gasteiger partial charge on any atom is -0.496 e. The SMILES string of the molecule is COc1ccccc1C1CC(NCC2CCCN2C)C1. The number of rotatable bonds is 5. The minimum absolute atomic E-state index is 0.671. The third-order valence-corrected chi connectivity index (χ3v) is 5.03. The maximum absolute atomic E-state index is 5.47. The van der Waals surface area contributed by atoms with Gasteiger partial charge in [-0.05, 0) is 56.8 Å². The summed E-state index contributed by atoms with van der Waals surface area (Å²) < 4.78 is 5.47. The number of benzene rings is 1. The van der Waals surface area contributed by atoms with Crippen LogP contribution in [0.4, 0.5) is 0 Å². The Morgan fingerprint density at radius 1 is 1.30 bits per heavy atom. The summed E-state index contributed by atoms with van der Waals surface area (Å²) in [6, 6.07) is 9.89. The largest absolute Gasteiger partial charge is 0.496 e. The number of likely N-dealkylation sites (N-methyl/N-ethyl adjacent to an activating group) is 1. The van der Waals surface area contributed by atoms with Crippen LogP contribution in [0.15, 0.2) is 24.3 Å². The van der Waals surface area contributed by atoms with Gasteiger partial charge in [0, 0.05) is 18.6 Å². The number of hydrogen-bond donors (Lipinski definition) is 1. The van der Waals surface area contributed by atoms with Crippen LogP contribution in [0.3, 0.4) is 0 Å². The van der Waals surface area contributed by atoms with E-state index in [1.807, 2.05) is 6.07 Å². The third kappa shape index (κ3) is 2.84. The van der Waals surface area contributed by atoms with E-state index in [0.29, 0.717) is 12.0 Å². The van der Waals surface area contributed by atoms with E-state index < -0.39 is 0 Å². The molecule has 1 aliphatic carbocycles. The van der Waals surface area contributed by atoms with Crippen LogP contribution >= 0.6 is 0 Å². The number of likely N-dealkylation sites (tertiary alicyclic amines) is 1. The second kappa shape index (κ2) is 6.15. The highest BCUT2D eigenvalue weighted by Crippen LogP contribution is 2.40. The maximum Gasteiger partial charge on any atom is 0.122 e. The molecule has 110 valence electrons. The van der Waals surface area contributed by atoms with Crippen molar-refractivity contribution in [3.8, 4) is 5.75 Å². The van der Waals surface area contributed by atoms with Crippen LogP contribution in [0.1, 0.15) is 37.2 Å². The van der Waals surface area contributed by atoms with Crippen LogP contribution in [0, 0.1) is 0 Å². The van der Waals surface area contributed by atoms with Gasteiger partial charge in [-0.15, -0.1) is 0 Å². The molecule has 1 heterocycles. The van der Waals surface area contributed by atoms with E-state index in [9.17, 15) is 0 Å². The lowest BCUT2D eigenvalue weighted by Crippen LogP contribution is -2.45. The Kier molecular flexibility index (Phi) is 4.27. The van der Waals surface area contributed by atoms with Crippen molar-refractivity contribution in [2.45, 2.75) is 43.7 Å². The maximum atomic E-state index is 5.47. The summed E-state index contributed by atoms with van der Waals surface area (Å²) in [7, 11) is 4.01. The average Bonchev–Trinajstić information content (AvgIpc) is 2.83. The molecule has 3 heteroatoms. The van der Waals surface area contributed by atoms with Gasteiger partial charge in [0.15, 0.2) is 0 Å². The van der Waals surface area contributed by atoms with E-state index in [1.54, 1.807) is 7.11 Å². The fourth-order valence-corrected chi connectivity index (χ4v) is 3.58. The highest BCUT2D eigenvalue weighted by Gasteiger charge is 2.32. The molecule has 1 N–H and O–H groups in total. The molecule has 1 atom stereocenters. The van der Waals surface area contributed by atoms with Gasteiger partial charge in [-0.1, -0.05) is 18.2 Å². The Morgan fingerprint density at radius 2 is 2.10 bits per heavy atom. The molecule has 0 radical (unpaired) electrons. The van der Waals surface area contributed by atoms with E-state index in [0.717, 1.165) is 18.3 Å². The summed E-state index contributed by atoms with van der Waals surface area (Å²) in [5.41, 5.74) is 1.38. The monoisotopic (exact) mass is 274 g/mol. The first-order valence-corrected chi connectivity index (χ1v) is 7.84. The predicted molar refractivity (Wildman–Crippen MR) is 82.4 cm³/mol. The Hall–Kier alpha value is -1.06. The molecule has 0 aromatic heterocycles. The van der Waals surface area contributed by atoms with Gasteiger partial charge in [0.25, 0.3) is 0 Å². The number of ether oxygens (including phenoxy) is 1.